The topological polar surface area (TPSA) is 197 Å². The number of nitrogens with one attached hydrogen (secondary N) is 3. The van der Waals surface area contributed by atoms with E-state index < -0.39 is 44.8 Å². The van der Waals surface area contributed by atoms with E-state index in [1.54, 1.807) is 63.2 Å². The number of fused-ring (bicyclic) bond motifs is 1. The highest BCUT2D eigenvalue weighted by atomic mass is 35.5. The Kier molecular flexibility index (Phi) is 14.3. The zero-order chi connectivity index (χ0) is 44.7. The van der Waals surface area contributed by atoms with E-state index in [1.165, 1.54) is 18.3 Å². The summed E-state index contributed by atoms with van der Waals surface area (Å²) in [5.41, 5.74) is 3.66. The number of para-hydroxylation sites is 1. The van der Waals surface area contributed by atoms with Gasteiger partial charge in [0.05, 0.1) is 46.0 Å². The van der Waals surface area contributed by atoms with Gasteiger partial charge in [0, 0.05) is 38.4 Å². The number of methoxy groups -OCH3 is 1. The third-order valence-corrected chi connectivity index (χ3v) is 13.2. The number of carbonyl (C=O) groups excluding carboxylic acids is 5. The third-order valence-electron chi connectivity index (χ3n) is 10.7. The van der Waals surface area contributed by atoms with Gasteiger partial charge in [-0.1, -0.05) is 48.1 Å². The van der Waals surface area contributed by atoms with Crippen molar-refractivity contribution >= 4 is 74.1 Å². The number of aromatic nitrogens is 2. The minimum absolute atomic E-state index is 0.0244. The molecule has 3 aromatic carbocycles. The smallest absolute Gasteiger partial charge is 0.263 e. The molecule has 15 nitrogen and oxygen atoms in total. The van der Waals surface area contributed by atoms with Gasteiger partial charge < -0.3 is 20.3 Å². The molecule has 1 atom stereocenters. The molecule has 1 saturated heterocycles. The Morgan fingerprint density at radius 1 is 1.03 bits per heavy atom. The summed E-state index contributed by atoms with van der Waals surface area (Å²) in [6.45, 7) is 5.70. The van der Waals surface area contributed by atoms with Crippen LogP contribution in [0.1, 0.15) is 96.2 Å². The lowest BCUT2D eigenvalue weighted by molar-refractivity contribution is -0.136. The van der Waals surface area contributed by atoms with E-state index in [0.29, 0.717) is 54.9 Å². The lowest BCUT2D eigenvalue weighted by atomic mass is 10.0. The molecule has 324 valence electrons. The predicted octanol–water partition coefficient (Wildman–Crippen LogP) is 6.52. The number of anilines is 4. The molecule has 2 aliphatic rings. The maximum atomic E-state index is 13.3. The number of hydrogen-bond donors (Lipinski definition) is 3. The third kappa shape index (κ3) is 10.1. The second kappa shape index (κ2) is 19.6. The molecule has 0 radical (unpaired) electrons. The molecule has 0 saturated carbocycles. The first kappa shape index (κ1) is 45.2. The summed E-state index contributed by atoms with van der Waals surface area (Å²) < 4.78 is 31.7. The van der Waals surface area contributed by atoms with E-state index in [-0.39, 0.29) is 51.6 Å². The van der Waals surface area contributed by atoms with Crippen LogP contribution in [0.3, 0.4) is 0 Å². The van der Waals surface area contributed by atoms with Crippen molar-refractivity contribution < 1.29 is 37.1 Å². The van der Waals surface area contributed by atoms with Crippen LogP contribution in [0.25, 0.3) is 0 Å². The molecule has 0 aliphatic carbocycles. The molecule has 17 heteroatoms. The lowest BCUT2D eigenvalue weighted by Gasteiger charge is -2.27. The fourth-order valence-electron chi connectivity index (χ4n) is 7.15. The number of sulfone groups is 1. The maximum Gasteiger partial charge on any atom is 0.263 e. The molecule has 4 aromatic rings. The van der Waals surface area contributed by atoms with E-state index in [1.807, 2.05) is 19.1 Å². The summed E-state index contributed by atoms with van der Waals surface area (Å²) in [4.78, 5) is 75.0. The molecule has 1 fully saturated rings. The minimum atomic E-state index is -3.59. The van der Waals surface area contributed by atoms with Crippen molar-refractivity contribution in [1.82, 2.24) is 25.1 Å². The highest BCUT2D eigenvalue weighted by Gasteiger charge is 2.45. The van der Waals surface area contributed by atoms with Crippen molar-refractivity contribution in [2.75, 3.05) is 31.3 Å². The number of halogens is 1. The number of amides is 5. The zero-order valence-electron chi connectivity index (χ0n) is 35.1. The van der Waals surface area contributed by atoms with E-state index in [2.05, 4.69) is 37.8 Å². The van der Waals surface area contributed by atoms with Crippen LogP contribution in [-0.4, -0.2) is 89.7 Å². The Morgan fingerprint density at radius 2 is 1.81 bits per heavy atom. The number of hydrogen-bond acceptors (Lipinski definition) is 12. The number of unbranched alkanes of at least 4 members (excludes halogenated alkanes) is 3. The largest absolute Gasteiger partial charge is 0.495 e. The summed E-state index contributed by atoms with van der Waals surface area (Å²) >= 11 is 6.43. The molecule has 5 amide bonds. The van der Waals surface area contributed by atoms with Crippen molar-refractivity contribution in [3.8, 4) is 17.6 Å². The van der Waals surface area contributed by atoms with Crippen LogP contribution in [0.15, 0.2) is 65.7 Å². The maximum absolute atomic E-state index is 13.3. The fourth-order valence-corrected chi connectivity index (χ4v) is 8.49. The molecule has 0 spiro atoms. The minimum Gasteiger partial charge on any atom is -0.495 e. The number of rotatable bonds is 16. The molecule has 62 heavy (non-hydrogen) atoms. The number of ether oxygens (including phenoxy) is 1. The number of aryl methyl sites for hydroxylation is 1. The molecular formula is C45H48ClN7O8S. The van der Waals surface area contributed by atoms with Gasteiger partial charge in [-0.15, -0.1) is 0 Å². The average molecular weight is 882 g/mol. The van der Waals surface area contributed by atoms with Gasteiger partial charge in [0.2, 0.25) is 23.7 Å². The summed E-state index contributed by atoms with van der Waals surface area (Å²) in [5.74, 6) is 4.82. The highest BCUT2D eigenvalue weighted by molar-refractivity contribution is 7.92. The van der Waals surface area contributed by atoms with E-state index >= 15 is 0 Å². The molecule has 6 rings (SSSR count). The van der Waals surface area contributed by atoms with Crippen LogP contribution in [0, 0.1) is 18.8 Å². The molecule has 0 bridgehead atoms. The summed E-state index contributed by atoms with van der Waals surface area (Å²) in [5, 5.41) is 8.01. The van der Waals surface area contributed by atoms with Crippen molar-refractivity contribution in [3.63, 3.8) is 0 Å². The number of piperidine rings is 1. The van der Waals surface area contributed by atoms with Crippen LogP contribution in [-0.2, 0) is 30.6 Å². The van der Waals surface area contributed by atoms with Crippen molar-refractivity contribution in [2.45, 2.75) is 88.3 Å². The first-order valence-corrected chi connectivity index (χ1v) is 22.2. The van der Waals surface area contributed by atoms with Gasteiger partial charge in [-0.25, -0.2) is 13.4 Å². The second-order valence-electron chi connectivity index (χ2n) is 15.3. The van der Waals surface area contributed by atoms with Crippen LogP contribution in [0.2, 0.25) is 5.02 Å². The Morgan fingerprint density at radius 3 is 2.55 bits per heavy atom. The normalized spacial score (nSPS) is 14.9. The summed E-state index contributed by atoms with van der Waals surface area (Å²) in [6, 6.07) is 14.2. The molecule has 3 N–H and O–H groups in total. The van der Waals surface area contributed by atoms with Gasteiger partial charge in [0.15, 0.2) is 15.7 Å². The first-order chi connectivity index (χ1) is 29.6. The van der Waals surface area contributed by atoms with Crippen molar-refractivity contribution in [1.29, 1.82) is 0 Å². The average Bonchev–Trinajstić information content (AvgIpc) is 3.50. The zero-order valence-corrected chi connectivity index (χ0v) is 36.7. The molecule has 2 aliphatic heterocycles. The Hall–Kier alpha value is -6.31. The fraction of sp³-hybridized carbons (Fsp3) is 0.356. The highest BCUT2D eigenvalue weighted by Crippen LogP contribution is 2.34. The Bertz CT molecular complexity index is 2610. The summed E-state index contributed by atoms with van der Waals surface area (Å²) in [7, 11) is -0.258. The van der Waals surface area contributed by atoms with Crippen LogP contribution >= 0.6 is 11.6 Å². The molecule has 1 unspecified atom stereocenters. The molecule has 3 heterocycles. The van der Waals surface area contributed by atoms with Gasteiger partial charge in [-0.2, -0.15) is 4.98 Å². The first-order valence-electron chi connectivity index (χ1n) is 20.2. The van der Waals surface area contributed by atoms with Gasteiger partial charge in [-0.3, -0.25) is 34.2 Å². The van der Waals surface area contributed by atoms with Crippen LogP contribution in [0.4, 0.5) is 23.1 Å². The van der Waals surface area contributed by atoms with Gasteiger partial charge in [0.25, 0.3) is 11.8 Å². The number of carbonyl (C=O) groups is 5. The van der Waals surface area contributed by atoms with Gasteiger partial charge >= 0.3 is 0 Å². The second-order valence-corrected chi connectivity index (χ2v) is 18.2. The monoisotopic (exact) mass is 881 g/mol. The lowest BCUT2D eigenvalue weighted by Crippen LogP contribution is -2.54. The number of nitrogens with zero attached hydrogens (tertiary/aromatic N) is 4. The molecule has 1 aromatic heterocycles. The van der Waals surface area contributed by atoms with Gasteiger partial charge in [-0.05, 0) is 94.0 Å². The quantitative estimate of drug-likeness (QED) is 0.0627. The van der Waals surface area contributed by atoms with Gasteiger partial charge in [0.1, 0.15) is 16.8 Å². The van der Waals surface area contributed by atoms with Crippen LogP contribution in [0.5, 0.6) is 5.75 Å². The number of imide groups is 2. The van der Waals surface area contributed by atoms with Crippen LogP contribution < -0.4 is 20.7 Å². The molecular weight excluding hydrogens is 834 g/mol. The van der Waals surface area contributed by atoms with E-state index in [0.717, 1.165) is 28.9 Å². The standard InChI is InChI=1S/C45H48ClN7O8S/c1-27(2)62(59,60)37-18-12-11-17-33(37)48-41-32(46)26-47-45(51-41)49-34-24-28(3)30(25-36(34)61-5)22-23-52(4)39(55)19-10-8-6-7-9-14-29-15-13-16-31-40(29)44(58)53(43(31)57)35-20-21-38(54)50-42(35)56/h11-13,15-18,24-27,35H,6-8,10,19-23H2,1-5H3,(H,50,54,56)(H2,47,48,49,51). The number of benzene rings is 3. The van der Waals surface area contributed by atoms with E-state index in [4.69, 9.17) is 16.3 Å². The summed E-state index contributed by atoms with van der Waals surface area (Å²) in [6.07, 6.45) is 5.23. The van der Waals surface area contributed by atoms with Crippen molar-refractivity contribution in [2.24, 2.45) is 0 Å². The predicted molar refractivity (Wildman–Crippen MR) is 235 cm³/mol. The SMILES string of the molecule is COc1cc(CCN(C)C(=O)CCCCCC#Cc2cccc3c2C(=O)N(C2CCC(=O)NC2=O)C3=O)c(C)cc1Nc1ncc(Cl)c(Nc2ccccc2S(=O)(=O)C(C)C)n1. The van der Waals surface area contributed by atoms with E-state index in [9.17, 15) is 32.4 Å². The Balaban J connectivity index is 0.980. The Labute approximate surface area is 365 Å². The number of likely N-dealkylation sites (N-methyl/N-ethyl adjacent to an activating group) is 1. The van der Waals surface area contributed by atoms with Crippen molar-refractivity contribution in [3.05, 3.63) is 93.6 Å².